The van der Waals surface area contributed by atoms with Gasteiger partial charge in [-0.1, -0.05) is 24.3 Å². The molecule has 0 N–H and O–H groups in total. The van der Waals surface area contributed by atoms with Crippen molar-refractivity contribution < 1.29 is 19.2 Å². The maximum absolute atomic E-state index is 13.0. The summed E-state index contributed by atoms with van der Waals surface area (Å²) in [5, 5.41) is 11.4. The minimum Gasteiger partial charge on any atom is -0.431 e. The summed E-state index contributed by atoms with van der Waals surface area (Å²) in [6.07, 6.45) is 3.03. The van der Waals surface area contributed by atoms with Crippen LogP contribution in [0.1, 0.15) is 43.2 Å². The van der Waals surface area contributed by atoms with Gasteiger partial charge in [0.25, 0.3) is 10.9 Å². The molecule has 0 radical (unpaired) electrons. The number of aromatic nitrogens is 1. The van der Waals surface area contributed by atoms with Gasteiger partial charge in [0, 0.05) is 24.0 Å². The SMILES string of the molecule is CCc1ccc(Oc2nc3ccc([N+](=O)[O-])cc3s2)cc1C1C(=O)[C@@H]2CC[C@@H](C2)C1=O. The average molecular weight is 436 g/mol. The molecular formula is C23H20N2O5S. The molecule has 2 saturated carbocycles. The Kier molecular flexibility index (Phi) is 4.81. The molecule has 0 saturated heterocycles. The molecule has 158 valence electrons. The van der Waals surface area contributed by atoms with Gasteiger partial charge in [-0.3, -0.25) is 19.7 Å². The lowest BCUT2D eigenvalue weighted by Crippen LogP contribution is -2.35. The minimum absolute atomic E-state index is 0.00115. The number of ketones is 2. The number of carbonyl (C=O) groups is 2. The van der Waals surface area contributed by atoms with Gasteiger partial charge in [-0.25, -0.2) is 4.98 Å². The van der Waals surface area contributed by atoms with Crippen LogP contribution in [-0.2, 0) is 16.0 Å². The Balaban J connectivity index is 1.48. The van der Waals surface area contributed by atoms with Gasteiger partial charge in [-0.05, 0) is 55.0 Å². The number of carbonyl (C=O) groups excluding carboxylic acids is 2. The standard InChI is InChI=1S/C23H20N2O5S/c1-2-12-5-7-16(11-17(12)20-21(26)13-3-4-14(9-13)22(20)27)30-23-24-18-8-6-15(25(28)29)10-19(18)31-23/h5-8,10-11,13-14,20H,2-4,9H2,1H3/t13-,14+,20?. The number of Topliss-reactive ketones (excluding diaryl/α,β-unsaturated/α-hetero) is 2. The first kappa shape index (κ1) is 19.8. The number of aryl methyl sites for hydroxylation is 1. The van der Waals surface area contributed by atoms with E-state index in [0.717, 1.165) is 24.0 Å². The normalized spacial score (nSPS) is 22.8. The summed E-state index contributed by atoms with van der Waals surface area (Å²) < 4.78 is 6.61. The van der Waals surface area contributed by atoms with Crippen LogP contribution in [-0.4, -0.2) is 21.5 Å². The van der Waals surface area contributed by atoms with Crippen LogP contribution >= 0.6 is 11.3 Å². The number of thiazole rings is 1. The maximum atomic E-state index is 13.0. The third-order valence-corrected chi connectivity index (χ3v) is 7.28. The summed E-state index contributed by atoms with van der Waals surface area (Å²) in [7, 11) is 0. The van der Waals surface area contributed by atoms with Crippen molar-refractivity contribution in [1.29, 1.82) is 0 Å². The number of non-ortho nitro benzene ring substituents is 1. The molecule has 8 heteroatoms. The number of nitrogens with zero attached hydrogens (tertiary/aromatic N) is 2. The number of hydrogen-bond donors (Lipinski definition) is 0. The van der Waals surface area contributed by atoms with Crippen LogP contribution in [0.5, 0.6) is 10.9 Å². The molecule has 7 nitrogen and oxygen atoms in total. The van der Waals surface area contributed by atoms with Crippen LogP contribution in [0.4, 0.5) is 5.69 Å². The van der Waals surface area contributed by atoms with E-state index in [1.165, 1.54) is 23.5 Å². The van der Waals surface area contributed by atoms with Gasteiger partial charge in [0.1, 0.15) is 11.7 Å². The highest BCUT2D eigenvalue weighted by molar-refractivity contribution is 7.20. The Morgan fingerprint density at radius 1 is 1.13 bits per heavy atom. The van der Waals surface area contributed by atoms with E-state index < -0.39 is 10.8 Å². The predicted molar refractivity (Wildman–Crippen MR) is 116 cm³/mol. The highest BCUT2D eigenvalue weighted by Gasteiger charge is 2.47. The number of nitro groups is 1. The molecule has 5 rings (SSSR count). The van der Waals surface area contributed by atoms with Crippen molar-refractivity contribution in [2.75, 3.05) is 0 Å². The zero-order valence-corrected chi connectivity index (χ0v) is 17.7. The summed E-state index contributed by atoms with van der Waals surface area (Å²) >= 11 is 1.22. The lowest BCUT2D eigenvalue weighted by atomic mass is 9.74. The Morgan fingerprint density at radius 3 is 2.55 bits per heavy atom. The highest BCUT2D eigenvalue weighted by Crippen LogP contribution is 2.45. The van der Waals surface area contributed by atoms with Crippen molar-refractivity contribution in [3.8, 4) is 10.9 Å². The quantitative estimate of drug-likeness (QED) is 0.309. The Hall–Kier alpha value is -3.13. The summed E-state index contributed by atoms with van der Waals surface area (Å²) in [6.45, 7) is 2.01. The molecule has 2 aliphatic rings. The van der Waals surface area contributed by atoms with E-state index in [-0.39, 0.29) is 29.1 Å². The topological polar surface area (TPSA) is 99.4 Å². The van der Waals surface area contributed by atoms with Gasteiger partial charge in [0.15, 0.2) is 11.6 Å². The minimum atomic E-state index is -0.706. The molecule has 31 heavy (non-hydrogen) atoms. The number of ether oxygens (including phenoxy) is 1. The van der Waals surface area contributed by atoms with E-state index in [2.05, 4.69) is 4.98 Å². The second kappa shape index (κ2) is 7.53. The van der Waals surface area contributed by atoms with Crippen LogP contribution in [0.15, 0.2) is 36.4 Å². The van der Waals surface area contributed by atoms with E-state index in [0.29, 0.717) is 34.0 Å². The molecule has 2 bridgehead atoms. The molecule has 1 aromatic heterocycles. The average Bonchev–Trinajstić information content (AvgIpc) is 3.37. The molecule has 0 amide bonds. The van der Waals surface area contributed by atoms with Crippen LogP contribution < -0.4 is 4.74 Å². The van der Waals surface area contributed by atoms with Gasteiger partial charge < -0.3 is 4.74 Å². The molecule has 0 spiro atoms. The molecule has 3 atom stereocenters. The third-order valence-electron chi connectivity index (χ3n) is 6.38. The van der Waals surface area contributed by atoms with E-state index in [1.54, 1.807) is 12.1 Å². The summed E-state index contributed by atoms with van der Waals surface area (Å²) in [5.41, 5.74) is 2.33. The lowest BCUT2D eigenvalue weighted by Gasteiger charge is -2.27. The number of hydrogen-bond acceptors (Lipinski definition) is 7. The maximum Gasteiger partial charge on any atom is 0.279 e. The van der Waals surface area contributed by atoms with Crippen LogP contribution in [0, 0.1) is 22.0 Å². The van der Waals surface area contributed by atoms with E-state index in [9.17, 15) is 19.7 Å². The molecule has 3 aromatic rings. The molecular weight excluding hydrogens is 416 g/mol. The summed E-state index contributed by atoms with van der Waals surface area (Å²) in [5.74, 6) is -0.151. The third kappa shape index (κ3) is 3.40. The first-order chi connectivity index (χ1) is 14.9. The summed E-state index contributed by atoms with van der Waals surface area (Å²) in [6, 6.07) is 9.98. The van der Waals surface area contributed by atoms with Gasteiger partial charge in [0.2, 0.25) is 0 Å². The second-order valence-corrected chi connectivity index (χ2v) is 9.14. The molecule has 2 fully saturated rings. The molecule has 2 aromatic carbocycles. The largest absolute Gasteiger partial charge is 0.431 e. The molecule has 1 heterocycles. The van der Waals surface area contributed by atoms with Crippen molar-refractivity contribution in [3.05, 3.63) is 57.6 Å². The van der Waals surface area contributed by atoms with Crippen LogP contribution in [0.25, 0.3) is 10.2 Å². The van der Waals surface area contributed by atoms with Gasteiger partial charge in [0.05, 0.1) is 15.1 Å². The molecule has 2 aliphatic carbocycles. The summed E-state index contributed by atoms with van der Waals surface area (Å²) in [4.78, 5) is 41.0. The van der Waals surface area contributed by atoms with E-state index >= 15 is 0 Å². The van der Waals surface area contributed by atoms with Crippen molar-refractivity contribution in [2.45, 2.75) is 38.5 Å². The zero-order valence-electron chi connectivity index (χ0n) is 16.9. The highest BCUT2D eigenvalue weighted by atomic mass is 32.1. The van der Waals surface area contributed by atoms with Crippen LogP contribution in [0.2, 0.25) is 0 Å². The van der Waals surface area contributed by atoms with Gasteiger partial charge in [-0.2, -0.15) is 0 Å². The Bertz CT molecular complexity index is 1210. The number of nitro benzene ring substituents is 1. The molecule has 0 aliphatic heterocycles. The number of benzene rings is 2. The fourth-order valence-corrected chi connectivity index (χ4v) is 5.66. The fourth-order valence-electron chi connectivity index (χ4n) is 4.79. The Labute approximate surface area is 182 Å². The van der Waals surface area contributed by atoms with Crippen molar-refractivity contribution in [1.82, 2.24) is 4.98 Å². The van der Waals surface area contributed by atoms with Crippen molar-refractivity contribution in [2.24, 2.45) is 11.8 Å². The lowest BCUT2D eigenvalue weighted by molar-refractivity contribution is -0.384. The van der Waals surface area contributed by atoms with Gasteiger partial charge >= 0.3 is 0 Å². The fraction of sp³-hybridized carbons (Fsp3) is 0.348. The van der Waals surface area contributed by atoms with Gasteiger partial charge in [-0.15, -0.1) is 0 Å². The van der Waals surface area contributed by atoms with E-state index in [1.807, 2.05) is 19.1 Å². The monoisotopic (exact) mass is 436 g/mol. The van der Waals surface area contributed by atoms with Crippen molar-refractivity contribution >= 4 is 38.8 Å². The zero-order chi connectivity index (χ0) is 21.7. The van der Waals surface area contributed by atoms with Crippen molar-refractivity contribution in [3.63, 3.8) is 0 Å². The predicted octanol–water partition coefficient (Wildman–Crippen LogP) is 5.21. The first-order valence-electron chi connectivity index (χ1n) is 10.4. The number of rotatable bonds is 5. The second-order valence-electron chi connectivity index (χ2n) is 8.15. The first-order valence-corrected chi connectivity index (χ1v) is 11.2. The molecule has 1 unspecified atom stereocenters. The van der Waals surface area contributed by atoms with Crippen LogP contribution in [0.3, 0.4) is 0 Å². The Morgan fingerprint density at radius 2 is 1.87 bits per heavy atom. The van der Waals surface area contributed by atoms with E-state index in [4.69, 9.17) is 4.74 Å². The number of fused-ring (bicyclic) bond motifs is 3. The smallest absolute Gasteiger partial charge is 0.279 e.